The summed E-state index contributed by atoms with van der Waals surface area (Å²) in [6.07, 6.45) is 1.58. The van der Waals surface area contributed by atoms with Crippen LogP contribution in [-0.2, 0) is 14.8 Å². The Bertz CT molecular complexity index is 680. The number of rotatable bonds is 6. The van der Waals surface area contributed by atoms with E-state index in [1.165, 1.54) is 4.31 Å². The molecule has 0 radical (unpaired) electrons. The molecule has 0 spiro atoms. The Labute approximate surface area is 143 Å². The van der Waals surface area contributed by atoms with Crippen LogP contribution in [0.15, 0.2) is 23.1 Å². The number of carbonyl (C=O) groups is 1. The van der Waals surface area contributed by atoms with Crippen molar-refractivity contribution in [1.82, 2.24) is 9.62 Å². The molecule has 1 heterocycles. The molecule has 134 valence electrons. The van der Waals surface area contributed by atoms with Crippen LogP contribution in [-0.4, -0.2) is 50.0 Å². The van der Waals surface area contributed by atoms with E-state index in [2.05, 4.69) is 5.32 Å². The number of benzene rings is 1. The van der Waals surface area contributed by atoms with Crippen LogP contribution in [0.3, 0.4) is 0 Å². The number of piperidine rings is 1. The second-order valence-corrected chi connectivity index (χ2v) is 8.22. The lowest BCUT2D eigenvalue weighted by molar-refractivity contribution is -0.126. The molecule has 1 aromatic carbocycles. The number of hydrogen-bond donors (Lipinski definition) is 2. The summed E-state index contributed by atoms with van der Waals surface area (Å²) >= 11 is 0. The van der Waals surface area contributed by atoms with Crippen molar-refractivity contribution in [2.75, 3.05) is 26.2 Å². The first kappa shape index (κ1) is 18.9. The fourth-order valence-electron chi connectivity index (χ4n) is 3.02. The summed E-state index contributed by atoms with van der Waals surface area (Å²) in [5, 5.41) is 11.5. The lowest BCUT2D eigenvalue weighted by Gasteiger charge is -2.31. The van der Waals surface area contributed by atoms with Crippen LogP contribution in [0.2, 0.25) is 0 Å². The zero-order valence-electron chi connectivity index (χ0n) is 14.3. The first-order valence-corrected chi connectivity index (χ1v) is 9.76. The summed E-state index contributed by atoms with van der Waals surface area (Å²) in [4.78, 5) is 12.4. The number of nitrogens with zero attached hydrogens (tertiary/aromatic N) is 1. The highest BCUT2D eigenvalue weighted by molar-refractivity contribution is 7.89. The van der Waals surface area contributed by atoms with Gasteiger partial charge < -0.3 is 10.4 Å². The topological polar surface area (TPSA) is 86.7 Å². The van der Waals surface area contributed by atoms with Gasteiger partial charge in [-0.3, -0.25) is 4.79 Å². The smallest absolute Gasteiger partial charge is 0.243 e. The molecule has 1 saturated heterocycles. The first-order valence-electron chi connectivity index (χ1n) is 8.32. The van der Waals surface area contributed by atoms with Crippen molar-refractivity contribution in [3.05, 3.63) is 29.3 Å². The maximum Gasteiger partial charge on any atom is 0.243 e. The zero-order valence-corrected chi connectivity index (χ0v) is 15.1. The number of sulfonamides is 1. The number of carbonyl (C=O) groups excluding carboxylic acids is 1. The molecule has 6 nitrogen and oxygen atoms in total. The first-order chi connectivity index (χ1) is 11.4. The van der Waals surface area contributed by atoms with Gasteiger partial charge in [0, 0.05) is 32.2 Å². The molecule has 2 N–H and O–H groups in total. The highest BCUT2D eigenvalue weighted by atomic mass is 32.2. The molecule has 2 rings (SSSR count). The Morgan fingerprint density at radius 3 is 2.54 bits per heavy atom. The molecule has 0 aliphatic carbocycles. The largest absolute Gasteiger partial charge is 0.396 e. The van der Waals surface area contributed by atoms with E-state index in [1.807, 2.05) is 13.0 Å². The predicted octanol–water partition coefficient (Wildman–Crippen LogP) is 1.20. The normalized spacial score (nSPS) is 17.0. The van der Waals surface area contributed by atoms with E-state index in [0.29, 0.717) is 43.8 Å². The van der Waals surface area contributed by atoms with Crippen molar-refractivity contribution in [1.29, 1.82) is 0 Å². The average molecular weight is 354 g/mol. The summed E-state index contributed by atoms with van der Waals surface area (Å²) < 4.78 is 27.1. The number of hydrogen-bond acceptors (Lipinski definition) is 4. The summed E-state index contributed by atoms with van der Waals surface area (Å²) in [6, 6.07) is 5.34. The Balaban J connectivity index is 1.99. The fourth-order valence-corrected chi connectivity index (χ4v) is 4.70. The monoisotopic (exact) mass is 354 g/mol. The van der Waals surface area contributed by atoms with Gasteiger partial charge in [0.1, 0.15) is 0 Å². The van der Waals surface area contributed by atoms with Crippen LogP contribution in [0, 0.1) is 19.8 Å². The van der Waals surface area contributed by atoms with Crippen LogP contribution in [0.25, 0.3) is 0 Å². The van der Waals surface area contributed by atoms with Crippen molar-refractivity contribution in [2.45, 2.75) is 38.0 Å². The van der Waals surface area contributed by atoms with E-state index in [4.69, 9.17) is 5.11 Å². The van der Waals surface area contributed by atoms with Gasteiger partial charge in [-0.15, -0.1) is 0 Å². The molecule has 1 aliphatic rings. The Hall–Kier alpha value is -1.44. The van der Waals surface area contributed by atoms with Gasteiger partial charge in [0.05, 0.1) is 4.90 Å². The van der Waals surface area contributed by atoms with Gasteiger partial charge in [0.2, 0.25) is 15.9 Å². The van der Waals surface area contributed by atoms with E-state index >= 15 is 0 Å². The number of aliphatic hydroxyl groups excluding tert-OH is 1. The number of aliphatic hydroxyl groups is 1. The summed E-state index contributed by atoms with van der Waals surface area (Å²) in [5.74, 6) is -0.207. The Morgan fingerprint density at radius 2 is 1.96 bits per heavy atom. The van der Waals surface area contributed by atoms with Gasteiger partial charge >= 0.3 is 0 Å². The van der Waals surface area contributed by atoms with Gasteiger partial charge in [-0.05, 0) is 44.7 Å². The molecule has 1 aromatic rings. The predicted molar refractivity (Wildman–Crippen MR) is 92.1 cm³/mol. The Kier molecular flexibility index (Phi) is 6.37. The lowest BCUT2D eigenvalue weighted by Crippen LogP contribution is -2.43. The molecular formula is C17H26N2O4S. The Morgan fingerprint density at radius 1 is 1.29 bits per heavy atom. The highest BCUT2D eigenvalue weighted by Crippen LogP contribution is 2.26. The van der Waals surface area contributed by atoms with Crippen molar-refractivity contribution in [2.24, 2.45) is 5.92 Å². The van der Waals surface area contributed by atoms with E-state index < -0.39 is 10.0 Å². The minimum absolute atomic E-state index is 0.0485. The number of nitrogens with one attached hydrogen (secondary N) is 1. The molecule has 0 saturated carbocycles. The SMILES string of the molecule is Cc1ccc(S(=O)(=O)N2CCC(C(=O)NCCCO)CC2)c(C)c1. The zero-order chi connectivity index (χ0) is 17.7. The van der Waals surface area contributed by atoms with Crippen LogP contribution in [0.5, 0.6) is 0 Å². The maximum atomic E-state index is 12.8. The molecule has 7 heteroatoms. The average Bonchev–Trinajstić information content (AvgIpc) is 2.54. The molecule has 1 amide bonds. The van der Waals surface area contributed by atoms with Gasteiger partial charge in [-0.25, -0.2) is 8.42 Å². The van der Waals surface area contributed by atoms with E-state index in [1.54, 1.807) is 19.1 Å². The molecule has 0 atom stereocenters. The van der Waals surface area contributed by atoms with Crippen LogP contribution in [0.1, 0.15) is 30.4 Å². The maximum absolute atomic E-state index is 12.8. The molecule has 0 aromatic heterocycles. The molecule has 0 unspecified atom stereocenters. The summed E-state index contributed by atoms with van der Waals surface area (Å²) in [7, 11) is -3.51. The highest BCUT2D eigenvalue weighted by Gasteiger charge is 2.32. The second-order valence-electron chi connectivity index (χ2n) is 6.32. The third-order valence-electron chi connectivity index (χ3n) is 4.41. The fraction of sp³-hybridized carbons (Fsp3) is 0.588. The van der Waals surface area contributed by atoms with Gasteiger partial charge in [-0.2, -0.15) is 4.31 Å². The lowest BCUT2D eigenvalue weighted by atomic mass is 9.97. The van der Waals surface area contributed by atoms with Crippen LogP contribution in [0.4, 0.5) is 0 Å². The van der Waals surface area contributed by atoms with Crippen molar-refractivity contribution in [3.63, 3.8) is 0 Å². The molecule has 1 aliphatic heterocycles. The summed E-state index contributed by atoms with van der Waals surface area (Å²) in [5.41, 5.74) is 1.78. The second kappa shape index (κ2) is 8.09. The standard InChI is InChI=1S/C17H26N2O4S/c1-13-4-5-16(14(2)12-13)24(22,23)19-9-6-15(7-10-19)17(21)18-8-3-11-20/h4-5,12,15,20H,3,6-11H2,1-2H3,(H,18,21). The van der Waals surface area contributed by atoms with Gasteiger partial charge in [0.15, 0.2) is 0 Å². The quantitative estimate of drug-likeness (QED) is 0.752. The van der Waals surface area contributed by atoms with E-state index in [9.17, 15) is 13.2 Å². The van der Waals surface area contributed by atoms with Crippen LogP contribution < -0.4 is 5.32 Å². The van der Waals surface area contributed by atoms with Crippen LogP contribution >= 0.6 is 0 Å². The molecular weight excluding hydrogens is 328 g/mol. The van der Waals surface area contributed by atoms with E-state index in [-0.39, 0.29) is 18.4 Å². The van der Waals surface area contributed by atoms with Crippen molar-refractivity contribution < 1.29 is 18.3 Å². The number of aryl methyl sites for hydroxylation is 2. The minimum atomic E-state index is -3.51. The number of amides is 1. The molecule has 1 fully saturated rings. The summed E-state index contributed by atoms with van der Waals surface area (Å²) in [6.45, 7) is 4.95. The third-order valence-corrected chi connectivity index (χ3v) is 6.47. The van der Waals surface area contributed by atoms with E-state index in [0.717, 1.165) is 11.1 Å². The van der Waals surface area contributed by atoms with Crippen molar-refractivity contribution >= 4 is 15.9 Å². The third kappa shape index (κ3) is 4.34. The molecule has 24 heavy (non-hydrogen) atoms. The van der Waals surface area contributed by atoms with Gasteiger partial charge in [0.25, 0.3) is 0 Å². The minimum Gasteiger partial charge on any atom is -0.396 e. The molecule has 0 bridgehead atoms. The van der Waals surface area contributed by atoms with Crippen molar-refractivity contribution in [3.8, 4) is 0 Å². The van der Waals surface area contributed by atoms with Gasteiger partial charge in [-0.1, -0.05) is 17.7 Å².